The molecule has 0 fully saturated rings. The van der Waals surface area contributed by atoms with Crippen LogP contribution < -0.4 is 0 Å². The summed E-state index contributed by atoms with van der Waals surface area (Å²) in [5, 5.41) is 9.22. The number of aliphatic hydroxyl groups is 1. The standard InChI is InChI=1S/C11H13F3OS/c1-7(15)8(2)16-10-5-3-9(4-6-10)11(12,13)14/h3-8,15H,1-2H3. The Morgan fingerprint density at radius 2 is 1.62 bits per heavy atom. The normalized spacial score (nSPS) is 15.9. The Hall–Kier alpha value is -0.680. The molecule has 0 amide bonds. The highest BCUT2D eigenvalue weighted by atomic mass is 32.2. The Morgan fingerprint density at radius 1 is 1.12 bits per heavy atom. The largest absolute Gasteiger partial charge is 0.416 e. The van der Waals surface area contributed by atoms with Gasteiger partial charge in [-0.2, -0.15) is 13.2 Å². The average molecular weight is 250 g/mol. The summed E-state index contributed by atoms with van der Waals surface area (Å²) in [5.41, 5.74) is -0.651. The minimum absolute atomic E-state index is 0.0447. The number of alkyl halides is 3. The van der Waals surface area contributed by atoms with Crippen molar-refractivity contribution in [3.8, 4) is 0 Å². The van der Waals surface area contributed by atoms with Gasteiger partial charge in [-0.25, -0.2) is 0 Å². The molecule has 16 heavy (non-hydrogen) atoms. The highest BCUT2D eigenvalue weighted by molar-refractivity contribution is 8.00. The first-order valence-electron chi connectivity index (χ1n) is 4.82. The van der Waals surface area contributed by atoms with Crippen LogP contribution in [0, 0.1) is 0 Å². The van der Waals surface area contributed by atoms with Gasteiger partial charge in [0, 0.05) is 10.1 Å². The van der Waals surface area contributed by atoms with Crippen LogP contribution in [0.15, 0.2) is 29.2 Å². The minimum Gasteiger partial charge on any atom is -0.392 e. The average Bonchev–Trinajstić information content (AvgIpc) is 2.17. The topological polar surface area (TPSA) is 20.2 Å². The monoisotopic (exact) mass is 250 g/mol. The van der Waals surface area contributed by atoms with E-state index in [0.29, 0.717) is 0 Å². The molecule has 90 valence electrons. The zero-order chi connectivity index (χ0) is 12.3. The van der Waals surface area contributed by atoms with Gasteiger partial charge in [0.1, 0.15) is 0 Å². The lowest BCUT2D eigenvalue weighted by atomic mass is 10.2. The van der Waals surface area contributed by atoms with Crippen LogP contribution in [-0.4, -0.2) is 16.5 Å². The molecule has 2 atom stereocenters. The molecule has 0 saturated carbocycles. The van der Waals surface area contributed by atoms with Gasteiger partial charge < -0.3 is 5.11 Å². The summed E-state index contributed by atoms with van der Waals surface area (Å²) in [6.45, 7) is 3.48. The van der Waals surface area contributed by atoms with E-state index in [1.54, 1.807) is 6.92 Å². The Morgan fingerprint density at radius 3 is 2.00 bits per heavy atom. The van der Waals surface area contributed by atoms with Gasteiger partial charge in [0.25, 0.3) is 0 Å². The quantitative estimate of drug-likeness (QED) is 0.828. The SMILES string of the molecule is CC(O)C(C)Sc1ccc(C(F)(F)F)cc1. The number of hydrogen-bond acceptors (Lipinski definition) is 2. The van der Waals surface area contributed by atoms with E-state index in [0.717, 1.165) is 17.0 Å². The lowest BCUT2D eigenvalue weighted by molar-refractivity contribution is -0.137. The maximum atomic E-state index is 12.3. The molecule has 0 spiro atoms. The third-order valence-electron chi connectivity index (χ3n) is 2.18. The molecule has 0 aliphatic rings. The first-order chi connectivity index (χ1) is 7.30. The predicted octanol–water partition coefficient (Wildman–Crippen LogP) is 3.57. The zero-order valence-electron chi connectivity index (χ0n) is 8.95. The molecule has 0 aliphatic heterocycles. The Balaban J connectivity index is 2.72. The molecule has 1 nitrogen and oxygen atoms in total. The second-order valence-electron chi connectivity index (χ2n) is 3.59. The van der Waals surface area contributed by atoms with E-state index >= 15 is 0 Å². The van der Waals surface area contributed by atoms with Crippen molar-refractivity contribution in [2.45, 2.75) is 36.3 Å². The van der Waals surface area contributed by atoms with Crippen molar-refractivity contribution in [3.05, 3.63) is 29.8 Å². The Labute approximate surface area is 96.7 Å². The molecule has 0 aromatic heterocycles. The van der Waals surface area contributed by atoms with Crippen molar-refractivity contribution in [1.82, 2.24) is 0 Å². The molecule has 1 rings (SSSR count). The predicted molar refractivity (Wildman–Crippen MR) is 58.4 cm³/mol. The van der Waals surface area contributed by atoms with Crippen LogP contribution in [0.2, 0.25) is 0 Å². The minimum atomic E-state index is -4.29. The number of halogens is 3. The van der Waals surface area contributed by atoms with Crippen LogP contribution in [0.4, 0.5) is 13.2 Å². The molecule has 0 aliphatic carbocycles. The number of thioether (sulfide) groups is 1. The van der Waals surface area contributed by atoms with E-state index in [1.807, 2.05) is 6.92 Å². The lowest BCUT2D eigenvalue weighted by Crippen LogP contribution is -2.14. The summed E-state index contributed by atoms with van der Waals surface area (Å²) in [6, 6.07) is 4.95. The second kappa shape index (κ2) is 5.10. The van der Waals surface area contributed by atoms with Crippen molar-refractivity contribution in [3.63, 3.8) is 0 Å². The number of aliphatic hydroxyl groups excluding tert-OH is 1. The number of benzene rings is 1. The molecule has 5 heteroatoms. The summed E-state index contributed by atoms with van der Waals surface area (Å²) < 4.78 is 36.8. The van der Waals surface area contributed by atoms with Crippen molar-refractivity contribution >= 4 is 11.8 Å². The molecule has 0 heterocycles. The van der Waals surface area contributed by atoms with Crippen molar-refractivity contribution < 1.29 is 18.3 Å². The van der Waals surface area contributed by atoms with Gasteiger partial charge in [0.05, 0.1) is 11.7 Å². The van der Waals surface area contributed by atoms with Crippen LogP contribution in [0.1, 0.15) is 19.4 Å². The fraction of sp³-hybridized carbons (Fsp3) is 0.455. The molecule has 0 saturated heterocycles. The van der Waals surface area contributed by atoms with Gasteiger partial charge in [-0.15, -0.1) is 11.8 Å². The zero-order valence-corrected chi connectivity index (χ0v) is 9.77. The van der Waals surface area contributed by atoms with Gasteiger partial charge in [-0.3, -0.25) is 0 Å². The van der Waals surface area contributed by atoms with Gasteiger partial charge in [0.15, 0.2) is 0 Å². The van der Waals surface area contributed by atoms with Crippen LogP contribution in [0.5, 0.6) is 0 Å². The second-order valence-corrected chi connectivity index (χ2v) is 5.04. The summed E-state index contributed by atoms with van der Waals surface area (Å²) in [5.74, 6) is 0. The molecule has 1 N–H and O–H groups in total. The fourth-order valence-electron chi connectivity index (χ4n) is 1.04. The van der Waals surface area contributed by atoms with E-state index in [4.69, 9.17) is 0 Å². The fourth-order valence-corrected chi connectivity index (χ4v) is 1.96. The molecular weight excluding hydrogens is 237 g/mol. The molecule has 2 unspecified atom stereocenters. The van der Waals surface area contributed by atoms with Gasteiger partial charge in [-0.1, -0.05) is 6.92 Å². The van der Waals surface area contributed by atoms with Crippen molar-refractivity contribution in [1.29, 1.82) is 0 Å². The lowest BCUT2D eigenvalue weighted by Gasteiger charge is -2.14. The van der Waals surface area contributed by atoms with Crippen LogP contribution in [0.3, 0.4) is 0 Å². The summed E-state index contributed by atoms with van der Waals surface area (Å²) in [6.07, 6.45) is -4.79. The van der Waals surface area contributed by atoms with E-state index in [9.17, 15) is 18.3 Å². The Bertz CT molecular complexity index is 332. The number of rotatable bonds is 3. The molecule has 1 aromatic rings. The number of hydrogen-bond donors (Lipinski definition) is 1. The third kappa shape index (κ3) is 3.72. The highest BCUT2D eigenvalue weighted by Gasteiger charge is 2.30. The summed E-state index contributed by atoms with van der Waals surface area (Å²) >= 11 is 1.35. The van der Waals surface area contributed by atoms with Crippen molar-refractivity contribution in [2.75, 3.05) is 0 Å². The maximum absolute atomic E-state index is 12.3. The maximum Gasteiger partial charge on any atom is 0.416 e. The van der Waals surface area contributed by atoms with Gasteiger partial charge in [0.2, 0.25) is 0 Å². The highest BCUT2D eigenvalue weighted by Crippen LogP contribution is 2.32. The smallest absolute Gasteiger partial charge is 0.392 e. The van der Waals surface area contributed by atoms with Gasteiger partial charge >= 0.3 is 6.18 Å². The van der Waals surface area contributed by atoms with Crippen molar-refractivity contribution in [2.24, 2.45) is 0 Å². The first kappa shape index (κ1) is 13.4. The van der Waals surface area contributed by atoms with E-state index in [2.05, 4.69) is 0 Å². The van der Waals surface area contributed by atoms with Crippen LogP contribution in [0.25, 0.3) is 0 Å². The van der Waals surface area contributed by atoms with Crippen LogP contribution >= 0.6 is 11.8 Å². The van der Waals surface area contributed by atoms with Gasteiger partial charge in [-0.05, 0) is 31.2 Å². The molecule has 0 radical (unpaired) electrons. The van der Waals surface area contributed by atoms with E-state index in [-0.39, 0.29) is 5.25 Å². The summed E-state index contributed by atoms with van der Waals surface area (Å²) in [4.78, 5) is 0.724. The molecule has 0 bridgehead atoms. The molecule has 1 aromatic carbocycles. The first-order valence-corrected chi connectivity index (χ1v) is 5.70. The van der Waals surface area contributed by atoms with Crippen LogP contribution in [-0.2, 0) is 6.18 Å². The molecular formula is C11H13F3OS. The Kier molecular flexibility index (Phi) is 4.27. The van der Waals surface area contributed by atoms with E-state index in [1.165, 1.54) is 23.9 Å². The van der Waals surface area contributed by atoms with E-state index < -0.39 is 17.8 Å². The third-order valence-corrected chi connectivity index (χ3v) is 3.49. The summed E-state index contributed by atoms with van der Waals surface area (Å²) in [7, 11) is 0.